The van der Waals surface area contributed by atoms with Gasteiger partial charge in [0.05, 0.1) is 24.4 Å². The quantitative estimate of drug-likeness (QED) is 0.475. The molecule has 7 fully saturated rings. The molecule has 4 aliphatic carbocycles. The van der Waals surface area contributed by atoms with Crippen molar-refractivity contribution >= 4 is 15.9 Å². The smallest absolute Gasteiger partial charge is 0.154 e. The molecule has 23 heavy (non-hydrogen) atoms. The third-order valence-corrected chi connectivity index (χ3v) is 11.3. The Morgan fingerprint density at radius 3 is 2.61 bits per heavy atom. The predicted octanol–water partition coefficient (Wildman–Crippen LogP) is 3.64. The lowest BCUT2D eigenvalue weighted by Crippen LogP contribution is -2.58. The van der Waals surface area contributed by atoms with Crippen molar-refractivity contribution in [3.8, 4) is 0 Å². The summed E-state index contributed by atoms with van der Waals surface area (Å²) in [5.74, 6) is 2.48. The zero-order valence-electron chi connectivity index (χ0n) is 13.9. The summed E-state index contributed by atoms with van der Waals surface area (Å²) in [7, 11) is 0. The molecular formula is C19H25BrO3. The van der Waals surface area contributed by atoms with Gasteiger partial charge in [0.15, 0.2) is 4.51 Å². The van der Waals surface area contributed by atoms with E-state index in [2.05, 4.69) is 29.8 Å². The van der Waals surface area contributed by atoms with Crippen LogP contribution in [0, 0.1) is 28.6 Å². The van der Waals surface area contributed by atoms with Crippen LogP contribution in [0.1, 0.15) is 52.4 Å². The minimum absolute atomic E-state index is 0.00670. The van der Waals surface area contributed by atoms with Gasteiger partial charge in [-0.25, -0.2) is 0 Å². The summed E-state index contributed by atoms with van der Waals surface area (Å²) >= 11 is 3.98. The fourth-order valence-electron chi connectivity index (χ4n) is 8.20. The highest BCUT2D eigenvalue weighted by Crippen LogP contribution is 2.79. The second kappa shape index (κ2) is 3.45. The summed E-state index contributed by atoms with van der Waals surface area (Å²) in [6.07, 6.45) is 9.72. The van der Waals surface area contributed by atoms with Crippen LogP contribution in [0.5, 0.6) is 0 Å². The average Bonchev–Trinajstić information content (AvgIpc) is 3.41. The van der Waals surface area contributed by atoms with Gasteiger partial charge >= 0.3 is 0 Å². The van der Waals surface area contributed by atoms with E-state index in [1.807, 2.05) is 0 Å². The standard InChI is InChI=1S/C19H25BrO3/c1-16-4-3-10-9(11(16)6-15-19(16,20)23-15)5-14-18(22-14)8-13-12(21-13)7-17(10,18)2/h9-15H,3-8H2,1-2H3/t9-,10+,11+,12-,13+,14+,15-,16+,17-,18+,19-/m1/s1. The van der Waals surface area contributed by atoms with Crippen molar-refractivity contribution in [2.75, 3.05) is 0 Å². The van der Waals surface area contributed by atoms with E-state index < -0.39 is 0 Å². The number of ether oxygens (including phenoxy) is 3. The minimum Gasteiger partial charge on any atom is -0.369 e. The Balaban J connectivity index is 1.31. The fourth-order valence-corrected chi connectivity index (χ4v) is 9.11. The summed E-state index contributed by atoms with van der Waals surface area (Å²) in [5.41, 5.74) is 0.869. The minimum atomic E-state index is 0.00670. The van der Waals surface area contributed by atoms with Gasteiger partial charge in [-0.05, 0) is 49.9 Å². The first-order valence-corrected chi connectivity index (χ1v) is 10.4. The molecule has 4 heteroatoms. The van der Waals surface area contributed by atoms with Gasteiger partial charge in [-0.3, -0.25) is 0 Å². The second-order valence-corrected chi connectivity index (χ2v) is 11.3. The average molecular weight is 381 g/mol. The van der Waals surface area contributed by atoms with E-state index in [0.717, 1.165) is 17.8 Å². The number of epoxide rings is 3. The molecule has 1 spiro atoms. The molecule has 0 unspecified atom stereocenters. The molecule has 4 saturated carbocycles. The van der Waals surface area contributed by atoms with E-state index in [4.69, 9.17) is 14.2 Å². The Bertz CT molecular complexity index is 640. The van der Waals surface area contributed by atoms with E-state index >= 15 is 0 Å². The van der Waals surface area contributed by atoms with Crippen molar-refractivity contribution in [1.29, 1.82) is 0 Å². The summed E-state index contributed by atoms with van der Waals surface area (Å²) in [6, 6.07) is 0. The lowest BCUT2D eigenvalue weighted by molar-refractivity contribution is -0.102. The number of hydrogen-bond donors (Lipinski definition) is 0. The Morgan fingerprint density at radius 1 is 0.913 bits per heavy atom. The molecule has 3 heterocycles. The number of halogens is 1. The van der Waals surface area contributed by atoms with Crippen LogP contribution in [0.15, 0.2) is 0 Å². The van der Waals surface area contributed by atoms with Crippen LogP contribution in [0.2, 0.25) is 0 Å². The third-order valence-electron chi connectivity index (χ3n) is 9.65. The molecule has 0 aromatic carbocycles. The van der Waals surface area contributed by atoms with Gasteiger partial charge < -0.3 is 14.2 Å². The van der Waals surface area contributed by atoms with Gasteiger partial charge in [0.2, 0.25) is 0 Å². The predicted molar refractivity (Wildman–Crippen MR) is 87.2 cm³/mol. The molecule has 0 bridgehead atoms. The Labute approximate surface area is 145 Å². The van der Waals surface area contributed by atoms with Crippen LogP contribution in [0.3, 0.4) is 0 Å². The number of rotatable bonds is 0. The van der Waals surface area contributed by atoms with Gasteiger partial charge in [-0.1, -0.05) is 29.8 Å². The van der Waals surface area contributed by atoms with Crippen LogP contribution < -0.4 is 0 Å². The maximum absolute atomic E-state index is 6.48. The third kappa shape index (κ3) is 1.24. The van der Waals surface area contributed by atoms with E-state index in [0.29, 0.717) is 35.2 Å². The van der Waals surface area contributed by atoms with Gasteiger partial charge in [0.25, 0.3) is 0 Å². The van der Waals surface area contributed by atoms with Crippen LogP contribution in [0.4, 0.5) is 0 Å². The van der Waals surface area contributed by atoms with E-state index in [1.54, 1.807) is 0 Å². The fraction of sp³-hybridized carbons (Fsp3) is 1.00. The maximum Gasteiger partial charge on any atom is 0.154 e. The Kier molecular flexibility index (Phi) is 2.03. The molecule has 0 N–H and O–H groups in total. The van der Waals surface area contributed by atoms with Crippen LogP contribution in [-0.2, 0) is 14.2 Å². The molecule has 0 aromatic rings. The van der Waals surface area contributed by atoms with Crippen molar-refractivity contribution in [3.63, 3.8) is 0 Å². The lowest BCUT2D eigenvalue weighted by atomic mass is 9.45. The molecule has 0 aromatic heterocycles. The molecule has 0 radical (unpaired) electrons. The van der Waals surface area contributed by atoms with Crippen molar-refractivity contribution in [2.24, 2.45) is 28.6 Å². The summed E-state index contributed by atoms with van der Waals surface area (Å²) in [6.45, 7) is 5.05. The van der Waals surface area contributed by atoms with Gasteiger partial charge in [-0.15, -0.1) is 0 Å². The SMILES string of the molecule is C[C@]12CC[C@H]3[C@@H](C[C@@H]4O[C@@]45C[C@@H]4O[C@@H]4C[C@]35C)[C@@H]1C[C@H]1O[C@]12Br. The van der Waals surface area contributed by atoms with Crippen molar-refractivity contribution in [2.45, 2.75) is 86.9 Å². The molecular weight excluding hydrogens is 356 g/mol. The zero-order valence-corrected chi connectivity index (χ0v) is 15.5. The van der Waals surface area contributed by atoms with E-state index in [-0.39, 0.29) is 10.1 Å². The molecule has 126 valence electrons. The monoisotopic (exact) mass is 380 g/mol. The molecule has 11 atom stereocenters. The highest BCUT2D eigenvalue weighted by Gasteiger charge is 2.82. The largest absolute Gasteiger partial charge is 0.369 e. The highest BCUT2D eigenvalue weighted by atomic mass is 79.9. The van der Waals surface area contributed by atoms with Crippen LogP contribution >= 0.6 is 15.9 Å². The first-order valence-electron chi connectivity index (χ1n) is 9.61. The molecule has 3 saturated heterocycles. The van der Waals surface area contributed by atoms with Crippen LogP contribution in [-0.4, -0.2) is 34.5 Å². The van der Waals surface area contributed by atoms with Gasteiger partial charge in [0.1, 0.15) is 5.60 Å². The van der Waals surface area contributed by atoms with Gasteiger partial charge in [-0.2, -0.15) is 0 Å². The molecule has 3 nitrogen and oxygen atoms in total. The number of alkyl halides is 1. The number of fused-ring (bicyclic) bond motifs is 7. The topological polar surface area (TPSA) is 37.6 Å². The Morgan fingerprint density at radius 2 is 1.74 bits per heavy atom. The molecule has 7 rings (SSSR count). The summed E-state index contributed by atoms with van der Waals surface area (Å²) in [4.78, 5) is 0. The molecule has 0 amide bonds. The van der Waals surface area contributed by atoms with E-state index in [9.17, 15) is 0 Å². The van der Waals surface area contributed by atoms with Crippen LogP contribution in [0.25, 0.3) is 0 Å². The zero-order chi connectivity index (χ0) is 15.4. The molecule has 7 aliphatic rings. The maximum atomic E-state index is 6.48. The van der Waals surface area contributed by atoms with E-state index in [1.165, 1.54) is 38.5 Å². The highest BCUT2D eigenvalue weighted by molar-refractivity contribution is 9.10. The van der Waals surface area contributed by atoms with Crippen molar-refractivity contribution < 1.29 is 14.2 Å². The summed E-state index contributed by atoms with van der Waals surface area (Å²) < 4.78 is 18.5. The number of hydrogen-bond acceptors (Lipinski definition) is 3. The van der Waals surface area contributed by atoms with Gasteiger partial charge in [0, 0.05) is 17.3 Å². The second-order valence-electron chi connectivity index (χ2n) is 10.1. The molecule has 3 aliphatic heterocycles. The van der Waals surface area contributed by atoms with Crippen molar-refractivity contribution in [3.05, 3.63) is 0 Å². The normalized spacial score (nSPS) is 76.0. The first kappa shape index (κ1) is 13.5. The first-order chi connectivity index (χ1) is 10.9. The Hall–Kier alpha value is 0.360. The van der Waals surface area contributed by atoms with Crippen molar-refractivity contribution in [1.82, 2.24) is 0 Å². The summed E-state index contributed by atoms with van der Waals surface area (Å²) in [5, 5.41) is 0. The lowest BCUT2D eigenvalue weighted by Gasteiger charge is -2.58.